The number of carbonyl (C=O) groups excluding carboxylic acids is 1. The lowest BCUT2D eigenvalue weighted by atomic mass is 10.1. The zero-order valence-corrected chi connectivity index (χ0v) is 37.0. The number of esters is 1. The van der Waals surface area contributed by atoms with Gasteiger partial charge in [-0.15, -0.1) is 0 Å². The van der Waals surface area contributed by atoms with Crippen LogP contribution in [0.4, 0.5) is 0 Å². The monoisotopic (exact) mass is 794 g/mol. The summed E-state index contributed by atoms with van der Waals surface area (Å²) < 4.78 is 34.3. The molecule has 2 unspecified atom stereocenters. The van der Waals surface area contributed by atoms with Crippen LogP contribution in [0, 0.1) is 0 Å². The molecule has 0 aliphatic carbocycles. The molecule has 0 N–H and O–H groups in total. The standard InChI is InChI=1S/C46H84NO7P/c1-6-8-10-12-14-16-18-20-22-24-25-27-29-31-33-35-37-39-46(48)52-43-45(44-54-55(49,50)53-42-40-47(3,4)5)51-41-38-36-34-32-30-28-26-23-21-19-17-15-13-11-9-7-2/h17,19-20,22,25,27,31,33,38,41,45H,6-16,18,21,23-24,26,28-30,32,34-37,39-40,42-44H2,1-5H3/b19-17-,22-20-,27-25-,33-31-,41-38-. The molecule has 0 radical (unpaired) electrons. The van der Waals surface area contributed by atoms with Crippen LogP contribution in [0.15, 0.2) is 60.9 Å². The second kappa shape index (κ2) is 38.9. The second-order valence-electron chi connectivity index (χ2n) is 15.8. The lowest BCUT2D eigenvalue weighted by Gasteiger charge is -2.28. The molecular weight excluding hydrogens is 709 g/mol. The summed E-state index contributed by atoms with van der Waals surface area (Å²) in [6.45, 7) is 4.62. The average molecular weight is 794 g/mol. The molecule has 8 nitrogen and oxygen atoms in total. The highest BCUT2D eigenvalue weighted by Gasteiger charge is 2.19. The fourth-order valence-electron chi connectivity index (χ4n) is 5.60. The minimum Gasteiger partial charge on any atom is -0.756 e. The highest BCUT2D eigenvalue weighted by molar-refractivity contribution is 7.45. The van der Waals surface area contributed by atoms with Crippen LogP contribution in [0.25, 0.3) is 0 Å². The van der Waals surface area contributed by atoms with Crippen molar-refractivity contribution in [2.24, 2.45) is 0 Å². The first-order chi connectivity index (χ1) is 26.6. The van der Waals surface area contributed by atoms with Gasteiger partial charge in [0.1, 0.15) is 19.8 Å². The van der Waals surface area contributed by atoms with Gasteiger partial charge in [-0.05, 0) is 83.1 Å². The number of nitrogens with zero attached hydrogens (tertiary/aromatic N) is 1. The van der Waals surface area contributed by atoms with Gasteiger partial charge in [0.25, 0.3) is 7.82 Å². The Morgan fingerprint density at radius 1 is 0.582 bits per heavy atom. The van der Waals surface area contributed by atoms with Crippen molar-refractivity contribution in [3.63, 3.8) is 0 Å². The minimum absolute atomic E-state index is 0.0162. The van der Waals surface area contributed by atoms with Gasteiger partial charge in [0, 0.05) is 6.42 Å². The summed E-state index contributed by atoms with van der Waals surface area (Å²) in [4.78, 5) is 24.8. The number of quaternary nitrogens is 1. The lowest BCUT2D eigenvalue weighted by Crippen LogP contribution is -2.37. The molecule has 0 bridgehead atoms. The van der Waals surface area contributed by atoms with E-state index < -0.39 is 13.9 Å². The number of ether oxygens (including phenoxy) is 2. The Morgan fingerprint density at radius 3 is 1.55 bits per heavy atom. The van der Waals surface area contributed by atoms with Gasteiger partial charge in [0.15, 0.2) is 6.10 Å². The molecule has 0 aliphatic heterocycles. The Kier molecular flexibility index (Phi) is 37.5. The topological polar surface area (TPSA) is 94.1 Å². The number of phosphoric acid groups is 1. The molecule has 0 aromatic carbocycles. The molecule has 0 fully saturated rings. The van der Waals surface area contributed by atoms with Crippen LogP contribution in [0.5, 0.6) is 0 Å². The number of unbranched alkanes of at least 4 members (excludes halogenated alkanes) is 18. The van der Waals surface area contributed by atoms with Crippen molar-refractivity contribution in [2.75, 3.05) is 47.5 Å². The summed E-state index contributed by atoms with van der Waals surface area (Å²) in [5.41, 5.74) is 0. The maximum atomic E-state index is 12.5. The molecular formula is C46H84NO7P. The molecule has 55 heavy (non-hydrogen) atoms. The molecule has 320 valence electrons. The SMILES string of the molecule is CCCCCC/C=C\CCCCCCCC/C=C\OC(COC(=O)CCC/C=C\C/C=C\C/C=C\CCCCCCCC)COP(=O)([O-])OCC[N+](C)(C)C. The molecule has 0 heterocycles. The fourth-order valence-corrected chi connectivity index (χ4v) is 6.33. The number of carbonyl (C=O) groups is 1. The molecule has 0 aliphatic rings. The molecule has 9 heteroatoms. The van der Waals surface area contributed by atoms with Crippen molar-refractivity contribution in [3.05, 3.63) is 60.9 Å². The Hall–Kier alpha value is -1.96. The second-order valence-corrected chi connectivity index (χ2v) is 17.2. The highest BCUT2D eigenvalue weighted by Crippen LogP contribution is 2.38. The van der Waals surface area contributed by atoms with E-state index in [0.29, 0.717) is 17.4 Å². The van der Waals surface area contributed by atoms with Crippen LogP contribution in [0.3, 0.4) is 0 Å². The van der Waals surface area contributed by atoms with E-state index in [1.807, 2.05) is 27.2 Å². The van der Waals surface area contributed by atoms with E-state index in [1.54, 1.807) is 6.26 Å². The van der Waals surface area contributed by atoms with Gasteiger partial charge >= 0.3 is 5.97 Å². The number of phosphoric ester groups is 1. The third-order valence-electron chi connectivity index (χ3n) is 9.13. The Labute approximate surface area is 339 Å². The van der Waals surface area contributed by atoms with Crippen molar-refractivity contribution in [3.8, 4) is 0 Å². The number of likely N-dealkylation sites (N-methyl/N-ethyl adjacent to an activating group) is 1. The molecule has 0 aromatic heterocycles. The van der Waals surface area contributed by atoms with Crippen LogP contribution < -0.4 is 4.89 Å². The van der Waals surface area contributed by atoms with Crippen LogP contribution in [0.1, 0.15) is 174 Å². The van der Waals surface area contributed by atoms with Gasteiger partial charge in [0.05, 0.1) is 34.0 Å². The largest absolute Gasteiger partial charge is 0.756 e. The molecule has 2 atom stereocenters. The predicted octanol–water partition coefficient (Wildman–Crippen LogP) is 12.7. The van der Waals surface area contributed by atoms with Crippen molar-refractivity contribution in [2.45, 2.75) is 180 Å². The van der Waals surface area contributed by atoms with Gasteiger partial charge in [0.2, 0.25) is 0 Å². The molecule has 0 amide bonds. The van der Waals surface area contributed by atoms with Crippen LogP contribution in [-0.4, -0.2) is 64.1 Å². The smallest absolute Gasteiger partial charge is 0.305 e. The van der Waals surface area contributed by atoms with E-state index in [4.69, 9.17) is 18.5 Å². The summed E-state index contributed by atoms with van der Waals surface area (Å²) in [7, 11) is 1.33. The fraction of sp³-hybridized carbons (Fsp3) is 0.761. The number of rotatable bonds is 40. The van der Waals surface area contributed by atoms with Gasteiger partial charge in [-0.3, -0.25) is 9.36 Å². The van der Waals surface area contributed by atoms with Crippen molar-refractivity contribution in [1.29, 1.82) is 0 Å². The third-order valence-corrected chi connectivity index (χ3v) is 10.1. The lowest BCUT2D eigenvalue weighted by molar-refractivity contribution is -0.870. The molecule has 0 saturated heterocycles. The number of hydrogen-bond donors (Lipinski definition) is 0. The van der Waals surface area contributed by atoms with E-state index in [9.17, 15) is 14.3 Å². The van der Waals surface area contributed by atoms with Crippen LogP contribution >= 0.6 is 7.82 Å². The first kappa shape index (κ1) is 53.0. The van der Waals surface area contributed by atoms with Crippen LogP contribution in [0.2, 0.25) is 0 Å². The van der Waals surface area contributed by atoms with E-state index in [-0.39, 0.29) is 32.2 Å². The van der Waals surface area contributed by atoms with Crippen molar-refractivity contribution < 1.29 is 37.3 Å². The number of allylic oxidation sites excluding steroid dienone is 9. The molecule has 0 aromatic rings. The van der Waals surface area contributed by atoms with E-state index in [0.717, 1.165) is 38.5 Å². The first-order valence-electron chi connectivity index (χ1n) is 22.1. The molecule has 0 spiro atoms. The molecule has 0 saturated carbocycles. The summed E-state index contributed by atoms with van der Waals surface area (Å²) in [5, 5.41) is 0. The summed E-state index contributed by atoms with van der Waals surface area (Å²) in [6, 6.07) is 0. The first-order valence-corrected chi connectivity index (χ1v) is 23.5. The molecule has 0 rings (SSSR count). The van der Waals surface area contributed by atoms with E-state index in [1.165, 1.54) is 109 Å². The van der Waals surface area contributed by atoms with Gasteiger partial charge in [-0.2, -0.15) is 0 Å². The summed E-state index contributed by atoms with van der Waals surface area (Å²) >= 11 is 0. The maximum Gasteiger partial charge on any atom is 0.305 e. The van der Waals surface area contributed by atoms with Crippen molar-refractivity contribution in [1.82, 2.24) is 0 Å². The van der Waals surface area contributed by atoms with Gasteiger partial charge in [-0.1, -0.05) is 140 Å². The quantitative estimate of drug-likeness (QED) is 0.0152. The average Bonchev–Trinajstić information content (AvgIpc) is 3.14. The van der Waals surface area contributed by atoms with E-state index >= 15 is 0 Å². The van der Waals surface area contributed by atoms with E-state index in [2.05, 4.69) is 62.5 Å². The zero-order valence-electron chi connectivity index (χ0n) is 36.1. The Bertz CT molecular complexity index is 1060. The summed E-state index contributed by atoms with van der Waals surface area (Å²) in [6.07, 6.45) is 49.1. The van der Waals surface area contributed by atoms with Gasteiger partial charge in [-0.25, -0.2) is 0 Å². The highest BCUT2D eigenvalue weighted by atomic mass is 31.2. The predicted molar refractivity (Wildman–Crippen MR) is 231 cm³/mol. The van der Waals surface area contributed by atoms with Crippen LogP contribution in [-0.2, 0) is 27.9 Å². The zero-order chi connectivity index (χ0) is 40.6. The van der Waals surface area contributed by atoms with Crippen molar-refractivity contribution >= 4 is 13.8 Å². The Morgan fingerprint density at radius 2 is 1.02 bits per heavy atom. The Balaban J connectivity index is 4.39. The number of hydrogen-bond acceptors (Lipinski definition) is 7. The normalized spacial score (nSPS) is 14.3. The maximum absolute atomic E-state index is 12.5. The minimum atomic E-state index is -4.53. The third kappa shape index (κ3) is 43.0. The van der Waals surface area contributed by atoms with Gasteiger partial charge < -0.3 is 27.9 Å². The summed E-state index contributed by atoms with van der Waals surface area (Å²) in [5.74, 6) is -0.346.